The Bertz CT molecular complexity index is 1380. The minimum Gasteiger partial charge on any atom is -0.462 e. The van der Waals surface area contributed by atoms with Crippen molar-refractivity contribution in [2.24, 2.45) is 52.3 Å². The molecule has 4 rings (SSSR count). The number of hydrogen-bond acceptors (Lipinski definition) is 6. The zero-order valence-corrected chi connectivity index (χ0v) is 45.7. The van der Waals surface area contributed by atoms with Gasteiger partial charge in [0.2, 0.25) is 0 Å². The maximum atomic E-state index is 13.2. The van der Waals surface area contributed by atoms with Gasteiger partial charge in [0.15, 0.2) is 0 Å². The highest BCUT2D eigenvalue weighted by Crippen LogP contribution is 2.67. The molecule has 4 aliphatic rings. The van der Waals surface area contributed by atoms with Crippen LogP contribution in [0.3, 0.4) is 0 Å². The summed E-state index contributed by atoms with van der Waals surface area (Å²) in [6, 6.07) is 0. The fourth-order valence-corrected chi connectivity index (χ4v) is 14.6. The van der Waals surface area contributed by atoms with Gasteiger partial charge in [-0.3, -0.25) is 9.59 Å². The van der Waals surface area contributed by atoms with Crippen molar-refractivity contribution in [2.45, 2.75) is 286 Å². The quantitative estimate of drug-likeness (QED) is 0.0380. The summed E-state index contributed by atoms with van der Waals surface area (Å²) in [7, 11) is 0. The second kappa shape index (κ2) is 31.8. The molecule has 0 aromatic rings. The Hall–Kier alpha value is -1.40. The molecule has 0 aromatic carbocycles. The second-order valence-electron chi connectivity index (χ2n) is 24.1. The Morgan fingerprint density at radius 3 is 1.93 bits per heavy atom. The normalized spacial score (nSPS) is 27.3. The number of hydrogen-bond donors (Lipinski definition) is 1. The Morgan fingerprint density at radius 1 is 0.672 bits per heavy atom. The van der Waals surface area contributed by atoms with Crippen molar-refractivity contribution < 1.29 is 24.2 Å². The van der Waals surface area contributed by atoms with Gasteiger partial charge in [-0.2, -0.15) is 0 Å². The highest BCUT2D eigenvalue weighted by Gasteiger charge is 2.59. The molecule has 1 N–H and O–H groups in total. The molecule has 6 heteroatoms. The molecule has 0 radical (unpaired) electrons. The third kappa shape index (κ3) is 18.9. The SMILES string of the molecule is CCCCCCCCC(CCCCCC)OC(=O)CCCCCCN(CCCCO)CCCCCC(=O)OC1CCC2(C)C(=CCC3C2CCC2(C)C(C(C)CCC(CC)C(C)C)CCC32)C1. The van der Waals surface area contributed by atoms with Crippen molar-refractivity contribution >= 4 is 11.9 Å². The highest BCUT2D eigenvalue weighted by molar-refractivity contribution is 5.69. The summed E-state index contributed by atoms with van der Waals surface area (Å²) in [5, 5.41) is 9.43. The second-order valence-corrected chi connectivity index (χ2v) is 24.1. The summed E-state index contributed by atoms with van der Waals surface area (Å²) in [5.74, 6) is 5.92. The first-order chi connectivity index (χ1) is 32.4. The summed E-state index contributed by atoms with van der Waals surface area (Å²) in [4.78, 5) is 28.6. The van der Waals surface area contributed by atoms with Crippen LogP contribution in [0.2, 0.25) is 0 Å². The van der Waals surface area contributed by atoms with Gasteiger partial charge in [0.1, 0.15) is 12.2 Å². The van der Waals surface area contributed by atoms with E-state index in [2.05, 4.69) is 66.4 Å². The van der Waals surface area contributed by atoms with Crippen LogP contribution in [0.15, 0.2) is 11.6 Å². The number of allylic oxidation sites excluding steroid dienone is 1. The number of esters is 2. The molecule has 10 unspecified atom stereocenters. The Kier molecular flexibility index (Phi) is 27.6. The van der Waals surface area contributed by atoms with E-state index in [1.807, 2.05) is 0 Å². The van der Waals surface area contributed by atoms with Crippen molar-refractivity contribution in [2.75, 3.05) is 26.2 Å². The molecule has 10 atom stereocenters. The zero-order valence-electron chi connectivity index (χ0n) is 45.7. The van der Waals surface area contributed by atoms with E-state index in [9.17, 15) is 14.7 Å². The van der Waals surface area contributed by atoms with Crippen LogP contribution in [0, 0.1) is 52.3 Å². The molecule has 6 nitrogen and oxygen atoms in total. The maximum Gasteiger partial charge on any atom is 0.306 e. The lowest BCUT2D eigenvalue weighted by Crippen LogP contribution is -2.51. The molecule has 390 valence electrons. The van der Waals surface area contributed by atoms with Crippen LogP contribution in [0.4, 0.5) is 0 Å². The van der Waals surface area contributed by atoms with Crippen LogP contribution in [0.5, 0.6) is 0 Å². The van der Waals surface area contributed by atoms with Crippen molar-refractivity contribution in [3.05, 3.63) is 11.6 Å². The van der Waals surface area contributed by atoms with E-state index in [1.54, 1.807) is 5.57 Å². The summed E-state index contributed by atoms with van der Waals surface area (Å²) >= 11 is 0. The number of carbonyl (C=O) groups is 2. The molecule has 0 spiro atoms. The van der Waals surface area contributed by atoms with E-state index in [4.69, 9.17) is 9.47 Å². The van der Waals surface area contributed by atoms with Crippen molar-refractivity contribution in [1.82, 2.24) is 4.90 Å². The average molecular weight is 939 g/mol. The van der Waals surface area contributed by atoms with Gasteiger partial charge < -0.3 is 19.5 Å². The van der Waals surface area contributed by atoms with E-state index in [1.165, 1.54) is 122 Å². The lowest BCUT2D eigenvalue weighted by atomic mass is 9.47. The summed E-state index contributed by atoms with van der Waals surface area (Å²) in [6.45, 7) is 23.0. The van der Waals surface area contributed by atoms with E-state index in [0.29, 0.717) is 18.3 Å². The van der Waals surface area contributed by atoms with Gasteiger partial charge >= 0.3 is 11.9 Å². The van der Waals surface area contributed by atoms with E-state index < -0.39 is 0 Å². The molecular weight excluding hydrogens is 827 g/mol. The van der Waals surface area contributed by atoms with E-state index >= 15 is 0 Å². The number of aliphatic hydroxyl groups is 1. The predicted octanol–water partition coefficient (Wildman–Crippen LogP) is 16.8. The van der Waals surface area contributed by atoms with E-state index in [0.717, 1.165) is 145 Å². The summed E-state index contributed by atoms with van der Waals surface area (Å²) in [5.41, 5.74) is 2.41. The summed E-state index contributed by atoms with van der Waals surface area (Å²) < 4.78 is 12.3. The van der Waals surface area contributed by atoms with Gasteiger partial charge in [-0.25, -0.2) is 0 Å². The largest absolute Gasteiger partial charge is 0.462 e. The van der Waals surface area contributed by atoms with Gasteiger partial charge in [-0.05, 0) is 187 Å². The van der Waals surface area contributed by atoms with Crippen LogP contribution in [0.25, 0.3) is 0 Å². The van der Waals surface area contributed by atoms with Crippen molar-refractivity contribution in [1.29, 1.82) is 0 Å². The Morgan fingerprint density at radius 2 is 1.27 bits per heavy atom. The maximum absolute atomic E-state index is 13.2. The Labute approximate surface area is 415 Å². The monoisotopic (exact) mass is 938 g/mol. The molecule has 4 aliphatic carbocycles. The molecule has 0 amide bonds. The van der Waals surface area contributed by atoms with Gasteiger partial charge in [-0.15, -0.1) is 0 Å². The number of nitrogens with zero attached hydrogens (tertiary/aromatic N) is 1. The van der Waals surface area contributed by atoms with Crippen molar-refractivity contribution in [3.63, 3.8) is 0 Å². The van der Waals surface area contributed by atoms with E-state index in [-0.39, 0.29) is 36.2 Å². The van der Waals surface area contributed by atoms with Crippen LogP contribution < -0.4 is 0 Å². The molecule has 3 saturated carbocycles. The highest BCUT2D eigenvalue weighted by atomic mass is 16.5. The van der Waals surface area contributed by atoms with Gasteiger partial charge in [0, 0.05) is 25.9 Å². The zero-order chi connectivity index (χ0) is 48.5. The van der Waals surface area contributed by atoms with Crippen molar-refractivity contribution in [3.8, 4) is 0 Å². The first kappa shape index (κ1) is 58.2. The number of fused-ring (bicyclic) bond motifs is 5. The minimum absolute atomic E-state index is 0.00470. The lowest BCUT2D eigenvalue weighted by Gasteiger charge is -2.58. The first-order valence-electron chi connectivity index (χ1n) is 29.8. The molecular formula is C61H111NO5. The number of rotatable bonds is 37. The standard InChI is InChI=1S/C61H111NO5/c1-9-12-14-16-17-22-30-52(29-21-15-13-10-2)66-58(64)31-23-18-19-25-43-62(45-27-28-46-63)44-26-20-24-32-59(65)67-53-39-41-60(7)51(47-53)35-36-54-56-38-37-55(61(56,8)42-40-57(54)60)49(6)33-34-50(11-3)48(4)5/h35,48-50,52-57,63H,9-34,36-47H2,1-8H3. The number of ether oxygens (including phenoxy) is 2. The number of unbranched alkanes of at least 4 members (excludes halogenated alkanes) is 14. The average Bonchev–Trinajstić information content (AvgIpc) is 3.67. The molecule has 0 aliphatic heterocycles. The number of carbonyl (C=O) groups excluding carboxylic acids is 2. The fraction of sp³-hybridized carbons (Fsp3) is 0.934. The predicted molar refractivity (Wildman–Crippen MR) is 283 cm³/mol. The fourth-order valence-electron chi connectivity index (χ4n) is 14.6. The van der Waals surface area contributed by atoms with Crippen LogP contribution in [-0.2, 0) is 19.1 Å². The smallest absolute Gasteiger partial charge is 0.306 e. The topological polar surface area (TPSA) is 76.1 Å². The minimum atomic E-state index is 0.00470. The molecule has 3 fully saturated rings. The van der Waals surface area contributed by atoms with Crippen LogP contribution >= 0.6 is 0 Å². The molecule has 67 heavy (non-hydrogen) atoms. The molecule has 0 aromatic heterocycles. The van der Waals surface area contributed by atoms with Gasteiger partial charge in [0.25, 0.3) is 0 Å². The number of aliphatic hydroxyl groups excluding tert-OH is 1. The third-order valence-electron chi connectivity index (χ3n) is 19.0. The first-order valence-corrected chi connectivity index (χ1v) is 29.8. The molecule has 0 saturated heterocycles. The molecule has 0 heterocycles. The van der Waals surface area contributed by atoms with Gasteiger partial charge in [0.05, 0.1) is 0 Å². The summed E-state index contributed by atoms with van der Waals surface area (Å²) in [6.07, 6.45) is 41.8. The van der Waals surface area contributed by atoms with Crippen LogP contribution in [0.1, 0.15) is 274 Å². The third-order valence-corrected chi connectivity index (χ3v) is 19.0. The van der Waals surface area contributed by atoms with Crippen LogP contribution in [-0.4, -0.2) is 60.4 Å². The van der Waals surface area contributed by atoms with Gasteiger partial charge in [-0.1, -0.05) is 151 Å². The lowest BCUT2D eigenvalue weighted by molar-refractivity contribution is -0.152. The molecule has 0 bridgehead atoms. The Balaban J connectivity index is 1.11.